The van der Waals surface area contributed by atoms with Crippen molar-refractivity contribution in [2.24, 2.45) is 0 Å². The predicted molar refractivity (Wildman–Crippen MR) is 105 cm³/mol. The molecule has 0 aliphatic carbocycles. The lowest BCUT2D eigenvalue weighted by molar-refractivity contribution is -0.540. The lowest BCUT2D eigenvalue weighted by Gasteiger charge is -2.43. The number of rotatable bonds is 3. The van der Waals surface area contributed by atoms with Crippen molar-refractivity contribution in [3.05, 3.63) is 58.1 Å². The van der Waals surface area contributed by atoms with E-state index in [1.54, 1.807) is 6.07 Å². The molecular formula is C21H28N2O2. The monoisotopic (exact) mass is 340 g/mol. The average Bonchev–Trinajstić information content (AvgIpc) is 2.51. The minimum absolute atomic E-state index is 0.492. The SMILES string of the molecule is Cc1cccc(-c2cc(N([O-])C(C)(C)C)cc([N+](=O)C(C)(C)C)c2)c1. The summed E-state index contributed by atoms with van der Waals surface area (Å²) in [6.07, 6.45) is 0. The van der Waals surface area contributed by atoms with Gasteiger partial charge in [0.05, 0.1) is 0 Å². The summed E-state index contributed by atoms with van der Waals surface area (Å²) in [5.74, 6) is 0. The Bertz CT molecular complexity index is 783. The van der Waals surface area contributed by atoms with Crippen LogP contribution in [-0.2, 0) is 0 Å². The quantitative estimate of drug-likeness (QED) is 0.510. The summed E-state index contributed by atoms with van der Waals surface area (Å²) in [5.41, 5.74) is 2.81. The Hall–Kier alpha value is -2.20. The molecule has 25 heavy (non-hydrogen) atoms. The second-order valence-corrected chi connectivity index (χ2v) is 8.54. The van der Waals surface area contributed by atoms with E-state index in [2.05, 4.69) is 6.07 Å². The Morgan fingerprint density at radius 2 is 1.56 bits per heavy atom. The Morgan fingerprint density at radius 3 is 2.08 bits per heavy atom. The topological polar surface area (TPSA) is 46.4 Å². The molecule has 0 atom stereocenters. The second-order valence-electron chi connectivity index (χ2n) is 8.54. The maximum atomic E-state index is 12.7. The molecule has 0 saturated carbocycles. The van der Waals surface area contributed by atoms with Gasteiger partial charge >= 0.3 is 0 Å². The number of aryl methyl sites for hydroxylation is 1. The van der Waals surface area contributed by atoms with Crippen molar-refractivity contribution in [1.82, 2.24) is 0 Å². The minimum Gasteiger partial charge on any atom is -0.758 e. The molecule has 0 spiro atoms. The van der Waals surface area contributed by atoms with E-state index in [4.69, 9.17) is 0 Å². The van der Waals surface area contributed by atoms with Crippen LogP contribution in [0.2, 0.25) is 0 Å². The molecule has 2 aromatic carbocycles. The van der Waals surface area contributed by atoms with Gasteiger partial charge in [-0.15, -0.1) is 0 Å². The van der Waals surface area contributed by atoms with Crippen LogP contribution in [0.3, 0.4) is 0 Å². The Balaban J connectivity index is 2.66. The highest BCUT2D eigenvalue weighted by molar-refractivity contribution is 5.73. The van der Waals surface area contributed by atoms with Crippen molar-refractivity contribution < 1.29 is 4.76 Å². The van der Waals surface area contributed by atoms with E-state index in [-0.39, 0.29) is 0 Å². The van der Waals surface area contributed by atoms with E-state index in [1.165, 1.54) is 0 Å². The fourth-order valence-corrected chi connectivity index (χ4v) is 2.60. The molecule has 0 aliphatic heterocycles. The molecule has 2 aromatic rings. The highest BCUT2D eigenvalue weighted by Gasteiger charge is 2.32. The highest BCUT2D eigenvalue weighted by Crippen LogP contribution is 2.34. The largest absolute Gasteiger partial charge is 0.758 e. The van der Waals surface area contributed by atoms with Crippen LogP contribution in [-0.4, -0.2) is 15.8 Å². The van der Waals surface area contributed by atoms with Crippen molar-refractivity contribution in [1.29, 1.82) is 0 Å². The van der Waals surface area contributed by atoms with Crippen molar-refractivity contribution in [2.45, 2.75) is 59.5 Å². The van der Waals surface area contributed by atoms with Gasteiger partial charge in [-0.05, 0) is 44.9 Å². The number of hydroxylamine groups is 1. The van der Waals surface area contributed by atoms with Gasteiger partial charge in [-0.2, -0.15) is 0 Å². The lowest BCUT2D eigenvalue weighted by Crippen LogP contribution is -2.36. The van der Waals surface area contributed by atoms with E-state index in [1.807, 2.05) is 78.8 Å². The summed E-state index contributed by atoms with van der Waals surface area (Å²) in [7, 11) is 0. The Labute approximate surface area is 150 Å². The van der Waals surface area contributed by atoms with Crippen LogP contribution >= 0.6 is 0 Å². The molecule has 4 nitrogen and oxygen atoms in total. The molecular weight excluding hydrogens is 312 g/mol. The maximum absolute atomic E-state index is 12.7. The number of nitrogens with zero attached hydrogens (tertiary/aromatic N) is 2. The zero-order chi connectivity index (χ0) is 19.0. The molecule has 2 rings (SSSR count). The van der Waals surface area contributed by atoms with Gasteiger partial charge in [-0.3, -0.25) is 0 Å². The summed E-state index contributed by atoms with van der Waals surface area (Å²) < 4.78 is 0.965. The van der Waals surface area contributed by atoms with E-state index < -0.39 is 11.1 Å². The number of hydrogen-bond acceptors (Lipinski definition) is 3. The zero-order valence-corrected chi connectivity index (χ0v) is 16.3. The summed E-state index contributed by atoms with van der Waals surface area (Å²) in [4.78, 5) is 12.7. The first-order valence-electron chi connectivity index (χ1n) is 8.56. The van der Waals surface area contributed by atoms with E-state index >= 15 is 0 Å². The molecule has 134 valence electrons. The molecule has 0 fully saturated rings. The van der Waals surface area contributed by atoms with Gasteiger partial charge < -0.3 is 10.3 Å². The number of anilines is 1. The fourth-order valence-electron chi connectivity index (χ4n) is 2.60. The van der Waals surface area contributed by atoms with Crippen molar-refractivity contribution in [3.8, 4) is 11.1 Å². The number of benzene rings is 2. The van der Waals surface area contributed by atoms with Crippen molar-refractivity contribution in [3.63, 3.8) is 0 Å². The molecule has 0 heterocycles. The third-order valence-electron chi connectivity index (χ3n) is 3.94. The molecule has 0 saturated heterocycles. The smallest absolute Gasteiger partial charge is 0.259 e. The van der Waals surface area contributed by atoms with Gasteiger partial charge in [0.2, 0.25) is 5.54 Å². The van der Waals surface area contributed by atoms with Gasteiger partial charge in [-0.1, -0.05) is 29.8 Å². The zero-order valence-electron chi connectivity index (χ0n) is 16.3. The highest BCUT2D eigenvalue weighted by atomic mass is 16.5. The van der Waals surface area contributed by atoms with E-state index in [0.29, 0.717) is 11.4 Å². The first kappa shape index (κ1) is 19.1. The molecule has 4 heteroatoms. The molecule has 0 N–H and O–H groups in total. The third-order valence-corrected chi connectivity index (χ3v) is 3.94. The van der Waals surface area contributed by atoms with Gasteiger partial charge in [0.1, 0.15) is 0 Å². The van der Waals surface area contributed by atoms with Crippen LogP contribution in [0.1, 0.15) is 47.1 Å². The normalized spacial score (nSPS) is 12.2. The van der Waals surface area contributed by atoms with Crippen molar-refractivity contribution in [2.75, 3.05) is 5.06 Å². The standard InChI is InChI=1S/C21H28N2O2/c1-15-9-8-10-16(11-15)17-12-18(22(24)20(2,3)4)14-19(13-17)23(25)21(5,6)7/h8-14H,1-7H3. The number of hydrogen-bond donors (Lipinski definition) is 0. The van der Waals surface area contributed by atoms with Crippen LogP contribution in [0.4, 0.5) is 11.4 Å². The summed E-state index contributed by atoms with van der Waals surface area (Å²) in [5, 5.41) is 13.7. The van der Waals surface area contributed by atoms with Gasteiger partial charge in [-0.25, -0.2) is 0 Å². The molecule has 0 bridgehead atoms. The van der Waals surface area contributed by atoms with Crippen LogP contribution in [0.15, 0.2) is 42.5 Å². The van der Waals surface area contributed by atoms with Crippen LogP contribution in [0.25, 0.3) is 11.1 Å². The third kappa shape index (κ3) is 4.45. The van der Waals surface area contributed by atoms with E-state index in [0.717, 1.165) is 26.5 Å². The van der Waals surface area contributed by atoms with E-state index in [9.17, 15) is 10.1 Å². The number of nitroso groups, excluding NO2 is 1. The Morgan fingerprint density at radius 1 is 0.920 bits per heavy atom. The fraction of sp³-hybridized carbons (Fsp3) is 0.429. The summed E-state index contributed by atoms with van der Waals surface area (Å²) >= 11 is 0. The molecule has 0 aromatic heterocycles. The maximum Gasteiger partial charge on any atom is 0.259 e. The van der Waals surface area contributed by atoms with Crippen LogP contribution < -0.4 is 5.06 Å². The van der Waals surface area contributed by atoms with Crippen LogP contribution in [0, 0.1) is 17.0 Å². The minimum atomic E-state index is -0.585. The Kier molecular flexibility index (Phi) is 5.05. The van der Waals surface area contributed by atoms with Gasteiger partial charge in [0.15, 0.2) is 0 Å². The molecule has 0 unspecified atom stereocenters. The average molecular weight is 340 g/mol. The first-order chi connectivity index (χ1) is 11.4. The lowest BCUT2D eigenvalue weighted by atomic mass is 9.99. The van der Waals surface area contributed by atoms with Crippen molar-refractivity contribution >= 4 is 11.4 Å². The van der Waals surface area contributed by atoms with Gasteiger partial charge in [0.25, 0.3) is 5.69 Å². The summed E-state index contributed by atoms with van der Waals surface area (Å²) in [6, 6.07) is 13.4. The van der Waals surface area contributed by atoms with Gasteiger partial charge in [0, 0.05) is 53.8 Å². The molecule has 0 aliphatic rings. The predicted octanol–water partition coefficient (Wildman–Crippen LogP) is 5.97. The van der Waals surface area contributed by atoms with Crippen LogP contribution in [0.5, 0.6) is 0 Å². The first-order valence-corrected chi connectivity index (χ1v) is 8.56. The molecule has 0 amide bonds. The molecule has 0 radical (unpaired) electrons. The summed E-state index contributed by atoms with van der Waals surface area (Å²) in [6.45, 7) is 13.2. The second kappa shape index (κ2) is 6.60.